The number of hydrogen-bond donors (Lipinski definition) is 4. The van der Waals surface area contributed by atoms with E-state index in [1.165, 1.54) is 30.8 Å². The van der Waals surface area contributed by atoms with Crippen molar-refractivity contribution < 1.29 is 33.6 Å². The summed E-state index contributed by atoms with van der Waals surface area (Å²) in [6.45, 7) is 11.3. The van der Waals surface area contributed by atoms with Gasteiger partial charge in [-0.05, 0) is 81.5 Å². The van der Waals surface area contributed by atoms with Gasteiger partial charge in [0, 0.05) is 49.1 Å². The molecule has 0 spiro atoms. The summed E-state index contributed by atoms with van der Waals surface area (Å²) in [5.74, 6) is -3.28. The summed E-state index contributed by atoms with van der Waals surface area (Å²) >= 11 is 12.7. The average molecular weight is 809 g/mol. The van der Waals surface area contributed by atoms with Gasteiger partial charge in [0.25, 0.3) is 0 Å². The molecule has 0 unspecified atom stereocenters. The zero-order valence-electron chi connectivity index (χ0n) is 33.4. The summed E-state index contributed by atoms with van der Waals surface area (Å²) in [5.41, 5.74) is -0.123. The van der Waals surface area contributed by atoms with E-state index in [9.17, 15) is 33.6 Å². The molecule has 2 aliphatic rings. The SMILES string of the molecule is CCC(C)(C)C(=O)N1CCC[C@H]1C(=O)N[C@@H](C)C(=O)N(C)[C@H]1CCCCNC(=O)CNC(=O)[C@H](Cc2cc(Cl)ccc2Cl)N(C)C(=O)[C@H](CC(C)C)NC1=O. The van der Waals surface area contributed by atoms with E-state index in [2.05, 4.69) is 21.3 Å². The minimum atomic E-state index is -1.13. The maximum atomic E-state index is 14.2. The second-order valence-corrected chi connectivity index (χ2v) is 16.6. The maximum absolute atomic E-state index is 14.2. The Bertz CT molecular complexity index is 1590. The van der Waals surface area contributed by atoms with Crippen molar-refractivity contribution >= 4 is 64.6 Å². The Morgan fingerprint density at radius 3 is 2.35 bits per heavy atom. The zero-order valence-corrected chi connectivity index (χ0v) is 34.9. The molecule has 1 aromatic carbocycles. The highest BCUT2D eigenvalue weighted by Crippen LogP contribution is 2.29. The van der Waals surface area contributed by atoms with Crippen LogP contribution in [0.4, 0.5) is 0 Å². The lowest BCUT2D eigenvalue weighted by molar-refractivity contribution is -0.147. The number of carbonyl (C=O) groups is 7. The number of carbonyl (C=O) groups excluding carboxylic acids is 7. The first kappa shape index (κ1) is 45.5. The lowest BCUT2D eigenvalue weighted by Gasteiger charge is -2.35. The Kier molecular flexibility index (Phi) is 16.8. The molecule has 2 aliphatic heterocycles. The fourth-order valence-corrected chi connectivity index (χ4v) is 7.25. The second kappa shape index (κ2) is 20.3. The molecule has 0 saturated carbocycles. The van der Waals surface area contributed by atoms with Gasteiger partial charge in [0.05, 0.1) is 6.54 Å². The van der Waals surface area contributed by atoms with Crippen LogP contribution in [0.3, 0.4) is 0 Å². The van der Waals surface area contributed by atoms with Crippen LogP contribution in [-0.4, -0.2) is 120 Å². The molecule has 0 bridgehead atoms. The van der Waals surface area contributed by atoms with Gasteiger partial charge in [0.15, 0.2) is 0 Å². The number of rotatable bonds is 10. The van der Waals surface area contributed by atoms with Gasteiger partial charge in [0.1, 0.15) is 30.2 Å². The van der Waals surface area contributed by atoms with E-state index in [1.54, 1.807) is 23.1 Å². The number of halogens is 2. The van der Waals surface area contributed by atoms with E-state index >= 15 is 0 Å². The van der Waals surface area contributed by atoms with Crippen LogP contribution >= 0.6 is 23.2 Å². The molecule has 16 heteroatoms. The van der Waals surface area contributed by atoms with Crippen LogP contribution in [0.5, 0.6) is 0 Å². The van der Waals surface area contributed by atoms with Gasteiger partial charge < -0.3 is 36.0 Å². The average Bonchev–Trinajstić information content (AvgIpc) is 3.63. The molecule has 5 atom stereocenters. The van der Waals surface area contributed by atoms with Gasteiger partial charge in [-0.25, -0.2) is 0 Å². The van der Waals surface area contributed by atoms with Gasteiger partial charge in [-0.2, -0.15) is 0 Å². The Labute approximate surface area is 335 Å². The Hall–Kier alpha value is -3.91. The third-order valence-electron chi connectivity index (χ3n) is 10.6. The predicted molar refractivity (Wildman–Crippen MR) is 211 cm³/mol. The van der Waals surface area contributed by atoms with E-state index < -0.39 is 71.1 Å². The van der Waals surface area contributed by atoms with Crippen LogP contribution in [0.25, 0.3) is 0 Å². The van der Waals surface area contributed by atoms with Gasteiger partial charge >= 0.3 is 0 Å². The van der Waals surface area contributed by atoms with Crippen molar-refractivity contribution in [3.8, 4) is 0 Å². The molecule has 55 heavy (non-hydrogen) atoms. The Morgan fingerprint density at radius 1 is 1.00 bits per heavy atom. The normalized spacial score (nSPS) is 22.8. The standard InChI is InChI=1S/C39H59Cl2N7O7/c1-9-39(5,6)38(55)48-18-12-14-30(48)35(52)44-24(4)36(53)46(7)29-13-10-11-17-42-32(49)22-43-33(50)31(21-25-20-26(40)15-16-27(25)41)47(8)37(54)28(19-23(2)3)45-34(29)51/h15-16,20,23-24,28-31H,9-14,17-19,21-22H2,1-8H3,(H,42,49)(H,43,50)(H,44,52)(H,45,51)/t24-,28-,29-,30-,31-/m0/s1. The Morgan fingerprint density at radius 2 is 1.69 bits per heavy atom. The van der Waals surface area contributed by atoms with E-state index in [0.717, 1.165) is 0 Å². The van der Waals surface area contributed by atoms with Crippen LogP contribution in [-0.2, 0) is 40.0 Å². The zero-order chi connectivity index (χ0) is 41.2. The summed E-state index contributed by atoms with van der Waals surface area (Å²) in [4.78, 5) is 99.5. The first-order chi connectivity index (χ1) is 25.8. The van der Waals surface area contributed by atoms with Crippen LogP contribution < -0.4 is 21.3 Å². The van der Waals surface area contributed by atoms with E-state index in [0.29, 0.717) is 54.3 Å². The van der Waals surface area contributed by atoms with E-state index in [4.69, 9.17) is 23.2 Å². The van der Waals surface area contributed by atoms with E-state index in [1.807, 2.05) is 34.6 Å². The van der Waals surface area contributed by atoms with Crippen molar-refractivity contribution in [1.82, 2.24) is 36.0 Å². The summed E-state index contributed by atoms with van der Waals surface area (Å²) in [6, 6.07) is -0.174. The molecule has 2 heterocycles. The number of likely N-dealkylation sites (tertiary alicyclic amines) is 1. The highest BCUT2D eigenvalue weighted by atomic mass is 35.5. The quantitative estimate of drug-likeness (QED) is 0.281. The molecule has 306 valence electrons. The summed E-state index contributed by atoms with van der Waals surface area (Å²) in [7, 11) is 2.93. The number of hydrogen-bond acceptors (Lipinski definition) is 7. The monoisotopic (exact) mass is 807 g/mol. The third kappa shape index (κ3) is 12.3. The summed E-state index contributed by atoms with van der Waals surface area (Å²) < 4.78 is 0. The third-order valence-corrected chi connectivity index (χ3v) is 11.2. The highest BCUT2D eigenvalue weighted by Gasteiger charge is 2.41. The lowest BCUT2D eigenvalue weighted by Crippen LogP contribution is -2.59. The fraction of sp³-hybridized carbons (Fsp3) is 0.667. The van der Waals surface area contributed by atoms with Crippen molar-refractivity contribution in [2.24, 2.45) is 11.3 Å². The van der Waals surface area contributed by atoms with Gasteiger partial charge in [-0.15, -0.1) is 0 Å². The molecule has 2 saturated heterocycles. The lowest BCUT2D eigenvalue weighted by atomic mass is 9.88. The highest BCUT2D eigenvalue weighted by molar-refractivity contribution is 6.33. The van der Waals surface area contributed by atoms with Crippen LogP contribution in [0.1, 0.15) is 92.1 Å². The van der Waals surface area contributed by atoms with Gasteiger partial charge in [-0.3, -0.25) is 33.6 Å². The smallest absolute Gasteiger partial charge is 0.245 e. The van der Waals surface area contributed by atoms with Crippen molar-refractivity contribution in [2.45, 2.75) is 123 Å². The molecule has 4 N–H and O–H groups in total. The maximum Gasteiger partial charge on any atom is 0.245 e. The Balaban J connectivity index is 1.88. The van der Waals surface area contributed by atoms with E-state index in [-0.39, 0.29) is 44.2 Å². The summed E-state index contributed by atoms with van der Waals surface area (Å²) in [6.07, 6.45) is 3.05. The molecule has 0 aromatic heterocycles. The molecular formula is C39H59Cl2N7O7. The minimum Gasteiger partial charge on any atom is -0.355 e. The van der Waals surface area contributed by atoms with Crippen molar-refractivity contribution in [2.75, 3.05) is 33.7 Å². The molecule has 0 radical (unpaired) electrons. The minimum absolute atomic E-state index is 0.0238. The molecule has 3 rings (SSSR count). The second-order valence-electron chi connectivity index (χ2n) is 15.7. The first-order valence-electron chi connectivity index (χ1n) is 19.2. The number of nitrogens with one attached hydrogen (secondary N) is 4. The van der Waals surface area contributed by atoms with Crippen molar-refractivity contribution in [3.05, 3.63) is 33.8 Å². The molecule has 0 aliphatic carbocycles. The van der Waals surface area contributed by atoms with Crippen molar-refractivity contribution in [3.63, 3.8) is 0 Å². The molecule has 7 amide bonds. The number of amides is 7. The van der Waals surface area contributed by atoms with Crippen LogP contribution in [0, 0.1) is 11.3 Å². The number of benzene rings is 1. The predicted octanol–water partition coefficient (Wildman–Crippen LogP) is 3.07. The largest absolute Gasteiger partial charge is 0.355 e. The fourth-order valence-electron chi connectivity index (χ4n) is 6.87. The molecule has 2 fully saturated rings. The van der Waals surface area contributed by atoms with Crippen LogP contribution in [0.2, 0.25) is 10.0 Å². The molecule has 14 nitrogen and oxygen atoms in total. The number of nitrogens with zero attached hydrogens (tertiary/aromatic N) is 3. The van der Waals surface area contributed by atoms with Gasteiger partial charge in [0.2, 0.25) is 41.4 Å². The van der Waals surface area contributed by atoms with Crippen molar-refractivity contribution in [1.29, 1.82) is 0 Å². The van der Waals surface area contributed by atoms with Crippen LogP contribution in [0.15, 0.2) is 18.2 Å². The molecular weight excluding hydrogens is 749 g/mol. The molecule has 1 aromatic rings. The number of likely N-dealkylation sites (N-methyl/N-ethyl adjacent to an activating group) is 2. The summed E-state index contributed by atoms with van der Waals surface area (Å²) in [5, 5.41) is 11.8. The topological polar surface area (TPSA) is 177 Å². The van der Waals surface area contributed by atoms with Gasteiger partial charge in [-0.1, -0.05) is 57.8 Å². The first-order valence-corrected chi connectivity index (χ1v) is 20.0.